The molecule has 0 unspecified atom stereocenters. The molecule has 0 fully saturated rings. The van der Waals surface area contributed by atoms with Crippen molar-refractivity contribution in [3.05, 3.63) is 231 Å². The first-order valence-electron chi connectivity index (χ1n) is 20.9. The number of nitrogens with zero attached hydrogens (tertiary/aromatic N) is 2. The number of anilines is 3. The van der Waals surface area contributed by atoms with Crippen molar-refractivity contribution >= 4 is 70.9 Å². The molecule has 284 valence electrons. The van der Waals surface area contributed by atoms with Crippen LogP contribution in [0.15, 0.2) is 231 Å². The third-order valence-electron chi connectivity index (χ3n) is 12.4. The summed E-state index contributed by atoms with van der Waals surface area (Å²) in [6.07, 6.45) is 2.01. The van der Waals surface area contributed by atoms with Gasteiger partial charge in [-0.1, -0.05) is 158 Å². The van der Waals surface area contributed by atoms with Gasteiger partial charge in [-0.15, -0.1) is 0 Å². The molecule has 0 N–H and O–H groups in total. The Kier molecular flexibility index (Phi) is 8.21. The van der Waals surface area contributed by atoms with Crippen LogP contribution in [0.1, 0.15) is 0 Å². The van der Waals surface area contributed by atoms with Gasteiger partial charge in [-0.25, -0.2) is 0 Å². The molecule has 0 aliphatic carbocycles. The molecule has 0 amide bonds. The van der Waals surface area contributed by atoms with E-state index in [2.05, 4.69) is 229 Å². The number of aromatic nitrogens is 1. The lowest BCUT2D eigenvalue weighted by Crippen LogP contribution is -2.10. The van der Waals surface area contributed by atoms with Crippen molar-refractivity contribution in [2.75, 3.05) is 4.90 Å². The van der Waals surface area contributed by atoms with Crippen molar-refractivity contribution in [3.63, 3.8) is 0 Å². The molecule has 11 aromatic carbocycles. The molecule has 0 bridgehead atoms. The van der Waals surface area contributed by atoms with Gasteiger partial charge in [0.25, 0.3) is 0 Å². The summed E-state index contributed by atoms with van der Waals surface area (Å²) in [7, 11) is 0. The fraction of sp³-hybridized carbons (Fsp3) is 0. The van der Waals surface area contributed by atoms with Crippen molar-refractivity contribution in [3.8, 4) is 44.6 Å². The van der Waals surface area contributed by atoms with Crippen LogP contribution in [-0.4, -0.2) is 4.98 Å². The van der Waals surface area contributed by atoms with Gasteiger partial charge >= 0.3 is 0 Å². The molecule has 0 saturated carbocycles. The number of hydrogen-bond acceptors (Lipinski definition) is 2. The van der Waals surface area contributed by atoms with E-state index in [0.717, 1.165) is 28.3 Å². The predicted octanol–water partition coefficient (Wildman–Crippen LogP) is 16.4. The standard InChI is InChI=1S/C59H38N2/c1-3-11-39(12-4-1)41-23-27-50(28-24-41)61(51-29-25-42(26-30-51)40-13-5-2-6-14-40)52-31-32-57(60-38-52)49-35-46-21-19-44-33-48(34-45-20-22-47(36-49)59(46)58(44)45)56-37-43-15-7-8-16-53(43)54-17-9-10-18-55(54)56/h1-38H. The molecule has 1 aromatic heterocycles. The van der Waals surface area contributed by atoms with Crippen molar-refractivity contribution in [1.82, 2.24) is 4.98 Å². The summed E-state index contributed by atoms with van der Waals surface area (Å²) in [4.78, 5) is 7.42. The van der Waals surface area contributed by atoms with E-state index in [-0.39, 0.29) is 0 Å². The van der Waals surface area contributed by atoms with E-state index in [4.69, 9.17) is 4.98 Å². The molecule has 0 spiro atoms. The molecule has 1 heterocycles. The zero-order valence-corrected chi connectivity index (χ0v) is 33.3. The molecule has 0 aliphatic heterocycles. The Morgan fingerprint density at radius 1 is 0.279 bits per heavy atom. The number of hydrogen-bond donors (Lipinski definition) is 0. The van der Waals surface area contributed by atoms with Crippen molar-refractivity contribution in [1.29, 1.82) is 0 Å². The lowest BCUT2D eigenvalue weighted by atomic mass is 9.88. The zero-order chi connectivity index (χ0) is 40.3. The molecule has 12 aromatic rings. The van der Waals surface area contributed by atoms with E-state index >= 15 is 0 Å². The SMILES string of the molecule is c1ccc(-c2ccc(N(c3ccc(-c4ccccc4)cc3)c3ccc(-c4cc5ccc6cc(-c7cc8ccccc8c8ccccc78)cc7ccc(c4)c5c67)nc3)cc2)cc1. The maximum atomic E-state index is 5.14. The van der Waals surface area contributed by atoms with E-state index in [1.54, 1.807) is 0 Å². The lowest BCUT2D eigenvalue weighted by Gasteiger charge is -2.26. The highest BCUT2D eigenvalue weighted by molar-refractivity contribution is 6.25. The van der Waals surface area contributed by atoms with Gasteiger partial charge in [0.05, 0.1) is 17.6 Å². The quantitative estimate of drug-likeness (QED) is 0.150. The molecular formula is C59H38N2. The van der Waals surface area contributed by atoms with Crippen LogP contribution >= 0.6 is 0 Å². The normalized spacial score (nSPS) is 11.6. The maximum absolute atomic E-state index is 5.14. The number of fused-ring (bicyclic) bond motifs is 3. The average molecular weight is 775 g/mol. The summed E-state index contributed by atoms with van der Waals surface area (Å²) in [6.45, 7) is 0. The summed E-state index contributed by atoms with van der Waals surface area (Å²) in [5.41, 5.74) is 12.5. The Bertz CT molecular complexity index is 3390. The topological polar surface area (TPSA) is 16.1 Å². The summed E-state index contributed by atoms with van der Waals surface area (Å²) < 4.78 is 0. The first kappa shape index (κ1) is 34.9. The van der Waals surface area contributed by atoms with Gasteiger partial charge in [-0.05, 0) is 154 Å². The summed E-state index contributed by atoms with van der Waals surface area (Å²) in [5.74, 6) is 0. The third-order valence-corrected chi connectivity index (χ3v) is 12.4. The van der Waals surface area contributed by atoms with E-state index in [1.165, 1.54) is 87.2 Å². The number of rotatable bonds is 7. The Balaban J connectivity index is 0.915. The molecule has 2 nitrogen and oxygen atoms in total. The largest absolute Gasteiger partial charge is 0.309 e. The van der Waals surface area contributed by atoms with Gasteiger partial charge in [0.15, 0.2) is 0 Å². The lowest BCUT2D eigenvalue weighted by molar-refractivity contribution is 1.23. The highest BCUT2D eigenvalue weighted by Gasteiger charge is 2.17. The first-order chi connectivity index (χ1) is 30.2. The van der Waals surface area contributed by atoms with Gasteiger partial charge in [0.2, 0.25) is 0 Å². The first-order valence-corrected chi connectivity index (χ1v) is 20.9. The summed E-state index contributed by atoms with van der Waals surface area (Å²) in [5, 5.41) is 12.7. The Labute approximate surface area is 354 Å². The Hall–Kier alpha value is -8.07. The van der Waals surface area contributed by atoms with Crippen LogP contribution in [0.5, 0.6) is 0 Å². The zero-order valence-electron chi connectivity index (χ0n) is 33.3. The molecule has 0 aliphatic rings. The number of benzene rings is 11. The van der Waals surface area contributed by atoms with Gasteiger partial charge in [0, 0.05) is 16.9 Å². The van der Waals surface area contributed by atoms with Gasteiger partial charge in [0.1, 0.15) is 0 Å². The second-order valence-corrected chi connectivity index (χ2v) is 16.0. The highest BCUT2D eigenvalue weighted by atomic mass is 15.1. The fourth-order valence-electron chi connectivity index (χ4n) is 9.44. The van der Waals surface area contributed by atoms with Crippen LogP contribution in [0.2, 0.25) is 0 Å². The third kappa shape index (κ3) is 6.08. The van der Waals surface area contributed by atoms with E-state index in [9.17, 15) is 0 Å². The average Bonchev–Trinajstić information content (AvgIpc) is 3.34. The smallest absolute Gasteiger partial charge is 0.0704 e. The van der Waals surface area contributed by atoms with Gasteiger partial charge in [-0.2, -0.15) is 0 Å². The molecule has 0 saturated heterocycles. The van der Waals surface area contributed by atoms with E-state index in [0.29, 0.717) is 0 Å². The molecular weight excluding hydrogens is 737 g/mol. The minimum atomic E-state index is 0.943. The van der Waals surface area contributed by atoms with E-state index < -0.39 is 0 Å². The molecule has 0 atom stereocenters. The second kappa shape index (κ2) is 14.3. The van der Waals surface area contributed by atoms with Crippen LogP contribution < -0.4 is 4.90 Å². The Morgan fingerprint density at radius 3 is 1.25 bits per heavy atom. The second-order valence-electron chi connectivity index (χ2n) is 16.0. The van der Waals surface area contributed by atoms with Crippen molar-refractivity contribution in [2.45, 2.75) is 0 Å². The Morgan fingerprint density at radius 2 is 0.721 bits per heavy atom. The van der Waals surface area contributed by atoms with Gasteiger partial charge in [-0.3, -0.25) is 4.98 Å². The van der Waals surface area contributed by atoms with E-state index in [1.807, 2.05) is 6.20 Å². The van der Waals surface area contributed by atoms with Crippen LogP contribution in [0, 0.1) is 0 Å². The summed E-state index contributed by atoms with van der Waals surface area (Å²) in [6, 6.07) is 81.4. The maximum Gasteiger partial charge on any atom is 0.0704 e. The summed E-state index contributed by atoms with van der Waals surface area (Å²) >= 11 is 0. The van der Waals surface area contributed by atoms with Gasteiger partial charge < -0.3 is 4.90 Å². The molecule has 2 heteroatoms. The van der Waals surface area contributed by atoms with Crippen LogP contribution in [-0.2, 0) is 0 Å². The monoisotopic (exact) mass is 774 g/mol. The van der Waals surface area contributed by atoms with Crippen LogP contribution in [0.4, 0.5) is 17.1 Å². The van der Waals surface area contributed by atoms with Crippen LogP contribution in [0.3, 0.4) is 0 Å². The number of pyridine rings is 1. The molecule has 0 radical (unpaired) electrons. The minimum absolute atomic E-state index is 0.943. The van der Waals surface area contributed by atoms with Crippen molar-refractivity contribution < 1.29 is 0 Å². The molecule has 12 rings (SSSR count). The molecule has 61 heavy (non-hydrogen) atoms. The van der Waals surface area contributed by atoms with Crippen LogP contribution in [0.25, 0.3) is 98.5 Å². The predicted molar refractivity (Wildman–Crippen MR) is 259 cm³/mol. The van der Waals surface area contributed by atoms with Crippen molar-refractivity contribution in [2.24, 2.45) is 0 Å². The highest BCUT2D eigenvalue weighted by Crippen LogP contribution is 2.43. The fourth-order valence-corrected chi connectivity index (χ4v) is 9.44. The minimum Gasteiger partial charge on any atom is -0.309 e.